The molecular formula is C33H31BrF3N3O4S. The zero-order valence-electron chi connectivity index (χ0n) is 24.5. The number of benzene rings is 4. The largest absolute Gasteiger partial charge is 0.416 e. The Bertz CT molecular complexity index is 1750. The molecule has 1 unspecified atom stereocenters. The number of likely N-dealkylation sites (N-methyl/N-ethyl adjacent to an activating group) is 1. The normalized spacial score (nSPS) is 12.3. The maximum atomic E-state index is 14.3. The van der Waals surface area contributed by atoms with Crippen LogP contribution in [0.3, 0.4) is 0 Å². The lowest BCUT2D eigenvalue weighted by molar-refractivity contribution is -0.139. The number of carbonyl (C=O) groups excluding carboxylic acids is 2. The maximum absolute atomic E-state index is 14.3. The SMILES string of the molecule is CNC(=O)C(Cc1ccccc1)N(Cc1cccc(Br)c1)C(=O)CN(c1cccc(C(F)(F)F)c1)S(=O)(=O)c1ccc(C)cc1. The predicted molar refractivity (Wildman–Crippen MR) is 170 cm³/mol. The number of anilines is 1. The van der Waals surface area contributed by atoms with Crippen LogP contribution in [0.1, 0.15) is 22.3 Å². The van der Waals surface area contributed by atoms with Crippen molar-refractivity contribution in [1.29, 1.82) is 0 Å². The molecule has 2 amide bonds. The summed E-state index contributed by atoms with van der Waals surface area (Å²) in [5, 5.41) is 2.59. The molecule has 0 bridgehead atoms. The monoisotopic (exact) mass is 701 g/mol. The van der Waals surface area contributed by atoms with E-state index in [0.29, 0.717) is 15.9 Å². The first-order chi connectivity index (χ1) is 21.3. The molecule has 0 aromatic heterocycles. The standard InChI is InChI=1S/C33H31BrF3N3O4S/c1-23-14-16-29(17-15-23)45(43,44)40(28-13-7-11-26(20-28)33(35,36)37)22-31(41)39(21-25-10-6-12-27(34)18-25)30(32(42)38-2)19-24-8-4-3-5-9-24/h3-18,20,30H,19,21-22H2,1-2H3,(H,38,42). The number of aryl methyl sites for hydroxylation is 1. The van der Waals surface area contributed by atoms with Gasteiger partial charge in [0.05, 0.1) is 16.1 Å². The number of sulfonamides is 1. The van der Waals surface area contributed by atoms with Crippen LogP contribution < -0.4 is 9.62 Å². The van der Waals surface area contributed by atoms with Crippen molar-refractivity contribution < 1.29 is 31.2 Å². The summed E-state index contributed by atoms with van der Waals surface area (Å²) in [6.07, 6.45) is -4.65. The molecule has 0 aliphatic rings. The van der Waals surface area contributed by atoms with E-state index in [1.165, 1.54) is 30.1 Å². The zero-order chi connectivity index (χ0) is 32.8. The molecule has 236 valence electrons. The van der Waals surface area contributed by atoms with E-state index in [1.54, 1.807) is 67.6 Å². The predicted octanol–water partition coefficient (Wildman–Crippen LogP) is 6.36. The topological polar surface area (TPSA) is 86.8 Å². The summed E-state index contributed by atoms with van der Waals surface area (Å²) in [5.41, 5.74) is 0.743. The van der Waals surface area contributed by atoms with Gasteiger partial charge in [-0.25, -0.2) is 8.42 Å². The number of carbonyl (C=O) groups is 2. The van der Waals surface area contributed by atoms with Crippen LogP contribution in [0.15, 0.2) is 112 Å². The Labute approximate surface area is 268 Å². The quantitative estimate of drug-likeness (QED) is 0.197. The Morgan fingerprint density at radius 1 is 0.867 bits per heavy atom. The first-order valence-electron chi connectivity index (χ1n) is 13.9. The molecule has 0 saturated carbocycles. The molecule has 12 heteroatoms. The fourth-order valence-corrected chi connectivity index (χ4v) is 6.61. The summed E-state index contributed by atoms with van der Waals surface area (Å²) < 4.78 is 70.5. The van der Waals surface area contributed by atoms with Crippen molar-refractivity contribution in [3.63, 3.8) is 0 Å². The van der Waals surface area contributed by atoms with Crippen LogP contribution in [0, 0.1) is 6.92 Å². The van der Waals surface area contributed by atoms with Crippen molar-refractivity contribution in [3.8, 4) is 0 Å². The second kappa shape index (κ2) is 14.3. The number of halogens is 4. The number of nitrogens with zero attached hydrogens (tertiary/aromatic N) is 2. The Kier molecular flexibility index (Phi) is 10.7. The van der Waals surface area contributed by atoms with E-state index in [2.05, 4.69) is 21.2 Å². The van der Waals surface area contributed by atoms with Gasteiger partial charge in [0, 0.05) is 24.5 Å². The molecule has 0 aliphatic carbocycles. The molecule has 4 aromatic carbocycles. The van der Waals surface area contributed by atoms with Crippen LogP contribution in [-0.4, -0.2) is 44.8 Å². The fraction of sp³-hybridized carbons (Fsp3) is 0.212. The molecule has 0 fully saturated rings. The molecule has 0 saturated heterocycles. The first-order valence-corrected chi connectivity index (χ1v) is 16.1. The van der Waals surface area contributed by atoms with Gasteiger partial charge < -0.3 is 10.2 Å². The summed E-state index contributed by atoms with van der Waals surface area (Å²) >= 11 is 3.41. The van der Waals surface area contributed by atoms with Crippen LogP contribution in [0.5, 0.6) is 0 Å². The molecule has 7 nitrogen and oxygen atoms in total. The smallest absolute Gasteiger partial charge is 0.357 e. The third kappa shape index (κ3) is 8.52. The maximum Gasteiger partial charge on any atom is 0.416 e. The van der Waals surface area contributed by atoms with Gasteiger partial charge in [-0.1, -0.05) is 82.2 Å². The lowest BCUT2D eigenvalue weighted by Gasteiger charge is -2.33. The van der Waals surface area contributed by atoms with E-state index >= 15 is 0 Å². The van der Waals surface area contributed by atoms with Gasteiger partial charge in [-0.3, -0.25) is 13.9 Å². The highest BCUT2D eigenvalue weighted by Gasteiger charge is 2.36. The lowest BCUT2D eigenvalue weighted by atomic mass is 10.0. The summed E-state index contributed by atoms with van der Waals surface area (Å²) in [4.78, 5) is 28.7. The molecule has 4 rings (SSSR count). The van der Waals surface area contributed by atoms with Gasteiger partial charge in [0.15, 0.2) is 0 Å². The van der Waals surface area contributed by atoms with E-state index in [0.717, 1.165) is 27.7 Å². The molecule has 1 atom stereocenters. The minimum atomic E-state index is -4.76. The third-order valence-corrected chi connectivity index (χ3v) is 9.39. The summed E-state index contributed by atoms with van der Waals surface area (Å²) in [6.45, 7) is 0.813. The molecule has 45 heavy (non-hydrogen) atoms. The van der Waals surface area contributed by atoms with E-state index in [-0.39, 0.29) is 23.5 Å². The van der Waals surface area contributed by atoms with Crippen molar-refractivity contribution >= 4 is 43.5 Å². The Morgan fingerprint density at radius 3 is 2.13 bits per heavy atom. The van der Waals surface area contributed by atoms with Gasteiger partial charge in [-0.05, 0) is 60.5 Å². The van der Waals surface area contributed by atoms with Crippen LogP contribution in [0.25, 0.3) is 0 Å². The van der Waals surface area contributed by atoms with Crippen LogP contribution in [0.2, 0.25) is 0 Å². The molecule has 0 radical (unpaired) electrons. The molecule has 1 N–H and O–H groups in total. The van der Waals surface area contributed by atoms with Crippen molar-refractivity contribution in [2.24, 2.45) is 0 Å². The second-order valence-electron chi connectivity index (χ2n) is 10.3. The minimum Gasteiger partial charge on any atom is -0.357 e. The highest BCUT2D eigenvalue weighted by molar-refractivity contribution is 9.10. The van der Waals surface area contributed by atoms with Gasteiger partial charge in [-0.15, -0.1) is 0 Å². The highest BCUT2D eigenvalue weighted by Crippen LogP contribution is 2.33. The number of rotatable bonds is 11. The summed E-state index contributed by atoms with van der Waals surface area (Å²) in [7, 11) is -3.11. The van der Waals surface area contributed by atoms with Gasteiger partial charge in [0.1, 0.15) is 12.6 Å². The summed E-state index contributed by atoms with van der Waals surface area (Å²) in [6, 6.07) is 24.6. The van der Waals surface area contributed by atoms with E-state index in [1.807, 2.05) is 6.07 Å². The fourth-order valence-electron chi connectivity index (χ4n) is 4.76. The van der Waals surface area contributed by atoms with Crippen molar-refractivity contribution in [2.45, 2.75) is 37.0 Å². The molecular weight excluding hydrogens is 671 g/mol. The third-order valence-electron chi connectivity index (χ3n) is 7.11. The molecule has 0 aliphatic heterocycles. The minimum absolute atomic E-state index is 0.0792. The molecule has 0 spiro atoms. The van der Waals surface area contributed by atoms with E-state index in [9.17, 15) is 31.2 Å². The van der Waals surface area contributed by atoms with Crippen LogP contribution in [-0.2, 0) is 38.8 Å². The number of alkyl halides is 3. The number of amides is 2. The number of hydrogen-bond donors (Lipinski definition) is 1. The zero-order valence-corrected chi connectivity index (χ0v) is 26.9. The Balaban J connectivity index is 1.83. The van der Waals surface area contributed by atoms with Gasteiger partial charge in [0.25, 0.3) is 10.0 Å². The first kappa shape index (κ1) is 33.7. The van der Waals surface area contributed by atoms with E-state index in [4.69, 9.17) is 0 Å². The molecule has 0 heterocycles. The second-order valence-corrected chi connectivity index (χ2v) is 13.1. The van der Waals surface area contributed by atoms with Gasteiger partial charge in [0.2, 0.25) is 11.8 Å². The van der Waals surface area contributed by atoms with Gasteiger partial charge >= 0.3 is 6.18 Å². The van der Waals surface area contributed by atoms with E-state index < -0.39 is 46.2 Å². The van der Waals surface area contributed by atoms with Crippen molar-refractivity contribution in [1.82, 2.24) is 10.2 Å². The highest BCUT2D eigenvalue weighted by atomic mass is 79.9. The van der Waals surface area contributed by atoms with Crippen molar-refractivity contribution in [3.05, 3.63) is 130 Å². The molecule has 4 aromatic rings. The lowest BCUT2D eigenvalue weighted by Crippen LogP contribution is -2.53. The average Bonchev–Trinajstić information content (AvgIpc) is 3.01. The van der Waals surface area contributed by atoms with Crippen LogP contribution >= 0.6 is 15.9 Å². The summed E-state index contributed by atoms with van der Waals surface area (Å²) in [5.74, 6) is -1.28. The Morgan fingerprint density at radius 2 is 1.51 bits per heavy atom. The van der Waals surface area contributed by atoms with Crippen molar-refractivity contribution in [2.75, 3.05) is 17.9 Å². The Hall–Kier alpha value is -4.16. The van der Waals surface area contributed by atoms with Crippen LogP contribution in [0.4, 0.5) is 18.9 Å². The average molecular weight is 703 g/mol. The number of nitrogens with one attached hydrogen (secondary N) is 1. The van der Waals surface area contributed by atoms with Gasteiger partial charge in [-0.2, -0.15) is 13.2 Å². The number of hydrogen-bond acceptors (Lipinski definition) is 4.